The molecule has 0 aromatic rings. The molecule has 0 saturated heterocycles. The van der Waals surface area contributed by atoms with Crippen LogP contribution < -0.4 is 10.6 Å². The molecule has 0 aromatic carbocycles. The summed E-state index contributed by atoms with van der Waals surface area (Å²) in [6.07, 6.45) is 4.85. The van der Waals surface area contributed by atoms with Gasteiger partial charge in [0, 0.05) is 19.2 Å². The Balaban J connectivity index is 2.29. The van der Waals surface area contributed by atoms with E-state index in [1.54, 1.807) is 0 Å². The predicted octanol–water partition coefficient (Wildman–Crippen LogP) is 0.180. The second-order valence-corrected chi connectivity index (χ2v) is 4.67. The second-order valence-electron chi connectivity index (χ2n) is 4.67. The molecule has 1 rings (SSSR count). The van der Waals surface area contributed by atoms with E-state index in [1.165, 1.54) is 6.42 Å². The molecule has 0 bridgehead atoms. The highest BCUT2D eigenvalue weighted by Crippen LogP contribution is 2.23. The number of rotatable bonds is 4. The lowest BCUT2D eigenvalue weighted by Crippen LogP contribution is -2.47. The van der Waals surface area contributed by atoms with Gasteiger partial charge in [0.1, 0.15) is 0 Å². The minimum Gasteiger partial charge on any atom is -0.396 e. The summed E-state index contributed by atoms with van der Waals surface area (Å²) in [5, 5.41) is 13.8. The van der Waals surface area contributed by atoms with Gasteiger partial charge in [-0.15, -0.1) is 0 Å². The molecule has 1 aliphatic rings. The van der Waals surface area contributed by atoms with Gasteiger partial charge in [0.2, 0.25) is 0 Å². The second kappa shape index (κ2) is 7.27. The van der Waals surface area contributed by atoms with Gasteiger partial charge in [0.15, 0.2) is 0 Å². The molecule has 17 heavy (non-hydrogen) atoms. The molecule has 1 fully saturated rings. The van der Waals surface area contributed by atoms with Crippen LogP contribution in [-0.4, -0.2) is 36.1 Å². The molecule has 0 unspecified atom stereocenters. The SMILES string of the molecule is C[C@@H]1CCCC[C@H]1NC(=O)C(=O)NCCCO. The van der Waals surface area contributed by atoms with Crippen LogP contribution >= 0.6 is 0 Å². The zero-order chi connectivity index (χ0) is 12.7. The average Bonchev–Trinajstić information content (AvgIpc) is 2.32. The summed E-state index contributed by atoms with van der Waals surface area (Å²) in [5.41, 5.74) is 0. The van der Waals surface area contributed by atoms with Crippen molar-refractivity contribution in [3.8, 4) is 0 Å². The molecule has 98 valence electrons. The van der Waals surface area contributed by atoms with E-state index in [0.29, 0.717) is 18.9 Å². The maximum atomic E-state index is 11.6. The van der Waals surface area contributed by atoms with E-state index in [2.05, 4.69) is 17.6 Å². The molecular weight excluding hydrogens is 220 g/mol. The highest BCUT2D eigenvalue weighted by Gasteiger charge is 2.25. The molecule has 0 aromatic heterocycles. The molecule has 1 aliphatic carbocycles. The number of carbonyl (C=O) groups is 2. The number of aliphatic hydroxyl groups excluding tert-OH is 1. The number of aliphatic hydroxyl groups is 1. The summed E-state index contributed by atoms with van der Waals surface area (Å²) >= 11 is 0. The van der Waals surface area contributed by atoms with Crippen molar-refractivity contribution >= 4 is 11.8 Å². The molecule has 5 nitrogen and oxygen atoms in total. The van der Waals surface area contributed by atoms with Crippen LogP contribution in [-0.2, 0) is 9.59 Å². The number of amides is 2. The van der Waals surface area contributed by atoms with Crippen molar-refractivity contribution in [2.45, 2.75) is 45.1 Å². The first kappa shape index (κ1) is 14.0. The first-order valence-corrected chi connectivity index (χ1v) is 6.34. The summed E-state index contributed by atoms with van der Waals surface area (Å²) in [6.45, 7) is 2.46. The minimum atomic E-state index is -0.601. The van der Waals surface area contributed by atoms with Crippen molar-refractivity contribution < 1.29 is 14.7 Å². The van der Waals surface area contributed by atoms with E-state index in [0.717, 1.165) is 19.3 Å². The van der Waals surface area contributed by atoms with Gasteiger partial charge in [-0.25, -0.2) is 0 Å². The van der Waals surface area contributed by atoms with E-state index >= 15 is 0 Å². The Bertz CT molecular complexity index is 268. The first-order chi connectivity index (χ1) is 8.15. The molecule has 2 atom stereocenters. The van der Waals surface area contributed by atoms with Crippen molar-refractivity contribution in [2.24, 2.45) is 5.92 Å². The van der Waals surface area contributed by atoms with Crippen LogP contribution in [0.25, 0.3) is 0 Å². The summed E-state index contributed by atoms with van der Waals surface area (Å²) in [5.74, 6) is -0.712. The van der Waals surface area contributed by atoms with Crippen molar-refractivity contribution in [3.05, 3.63) is 0 Å². The fourth-order valence-corrected chi connectivity index (χ4v) is 2.13. The zero-order valence-electron chi connectivity index (χ0n) is 10.4. The maximum absolute atomic E-state index is 11.6. The lowest BCUT2D eigenvalue weighted by atomic mass is 9.86. The van der Waals surface area contributed by atoms with Gasteiger partial charge in [-0.05, 0) is 25.2 Å². The van der Waals surface area contributed by atoms with Crippen LogP contribution in [0.1, 0.15) is 39.0 Å². The molecule has 5 heteroatoms. The summed E-state index contributed by atoms with van der Waals surface area (Å²) < 4.78 is 0. The molecule has 0 spiro atoms. The third kappa shape index (κ3) is 4.73. The van der Waals surface area contributed by atoms with Gasteiger partial charge < -0.3 is 15.7 Å². The number of hydrogen-bond donors (Lipinski definition) is 3. The van der Waals surface area contributed by atoms with Crippen LogP contribution in [0.2, 0.25) is 0 Å². The third-order valence-electron chi connectivity index (χ3n) is 3.25. The number of carbonyl (C=O) groups excluding carboxylic acids is 2. The van der Waals surface area contributed by atoms with Crippen molar-refractivity contribution in [1.29, 1.82) is 0 Å². The summed E-state index contributed by atoms with van der Waals surface area (Å²) in [7, 11) is 0. The monoisotopic (exact) mass is 242 g/mol. The normalized spacial score (nSPS) is 24.1. The molecule has 1 saturated carbocycles. The summed E-state index contributed by atoms with van der Waals surface area (Å²) in [4.78, 5) is 23.0. The largest absolute Gasteiger partial charge is 0.396 e. The molecule has 0 aliphatic heterocycles. The smallest absolute Gasteiger partial charge is 0.309 e. The Morgan fingerprint density at radius 3 is 2.59 bits per heavy atom. The van der Waals surface area contributed by atoms with Gasteiger partial charge in [-0.3, -0.25) is 9.59 Å². The highest BCUT2D eigenvalue weighted by molar-refractivity contribution is 6.35. The van der Waals surface area contributed by atoms with Crippen LogP contribution in [0.3, 0.4) is 0 Å². The average molecular weight is 242 g/mol. The molecule has 0 heterocycles. The summed E-state index contributed by atoms with van der Waals surface area (Å²) in [6, 6.07) is 0.125. The van der Waals surface area contributed by atoms with Crippen LogP contribution in [0.15, 0.2) is 0 Å². The molecule has 0 radical (unpaired) electrons. The topological polar surface area (TPSA) is 78.4 Å². The van der Waals surface area contributed by atoms with Gasteiger partial charge in [0.05, 0.1) is 0 Å². The molecule has 3 N–H and O–H groups in total. The fraction of sp³-hybridized carbons (Fsp3) is 0.833. The third-order valence-corrected chi connectivity index (χ3v) is 3.25. The fourth-order valence-electron chi connectivity index (χ4n) is 2.13. The minimum absolute atomic E-state index is 0.0154. The van der Waals surface area contributed by atoms with Crippen molar-refractivity contribution in [2.75, 3.05) is 13.2 Å². The standard InChI is InChI=1S/C12H22N2O3/c1-9-5-2-3-6-10(9)14-12(17)11(16)13-7-4-8-15/h9-10,15H,2-8H2,1H3,(H,13,16)(H,14,17)/t9-,10-/m1/s1. The first-order valence-electron chi connectivity index (χ1n) is 6.34. The lowest BCUT2D eigenvalue weighted by molar-refractivity contribution is -0.140. The van der Waals surface area contributed by atoms with Crippen LogP contribution in [0.5, 0.6) is 0 Å². The van der Waals surface area contributed by atoms with Gasteiger partial charge in [-0.2, -0.15) is 0 Å². The Labute approximate surface area is 102 Å². The molecule has 2 amide bonds. The van der Waals surface area contributed by atoms with Crippen LogP contribution in [0.4, 0.5) is 0 Å². The van der Waals surface area contributed by atoms with Crippen molar-refractivity contribution in [3.63, 3.8) is 0 Å². The Morgan fingerprint density at radius 2 is 1.94 bits per heavy atom. The number of hydrogen-bond acceptors (Lipinski definition) is 3. The Morgan fingerprint density at radius 1 is 1.24 bits per heavy atom. The van der Waals surface area contributed by atoms with E-state index in [9.17, 15) is 9.59 Å². The van der Waals surface area contributed by atoms with Crippen molar-refractivity contribution in [1.82, 2.24) is 10.6 Å². The van der Waals surface area contributed by atoms with E-state index < -0.39 is 11.8 Å². The Kier molecular flexibility index (Phi) is 5.97. The maximum Gasteiger partial charge on any atom is 0.309 e. The predicted molar refractivity (Wildman–Crippen MR) is 64.3 cm³/mol. The Hall–Kier alpha value is -1.10. The zero-order valence-corrected chi connectivity index (χ0v) is 10.4. The van der Waals surface area contributed by atoms with Gasteiger partial charge in [0.25, 0.3) is 0 Å². The lowest BCUT2D eigenvalue weighted by Gasteiger charge is -2.29. The quantitative estimate of drug-likeness (QED) is 0.486. The van der Waals surface area contributed by atoms with E-state index in [4.69, 9.17) is 5.11 Å². The van der Waals surface area contributed by atoms with E-state index in [-0.39, 0.29) is 12.6 Å². The van der Waals surface area contributed by atoms with E-state index in [1.807, 2.05) is 0 Å². The number of nitrogens with one attached hydrogen (secondary N) is 2. The highest BCUT2D eigenvalue weighted by atomic mass is 16.3. The van der Waals surface area contributed by atoms with Crippen LogP contribution in [0, 0.1) is 5.92 Å². The van der Waals surface area contributed by atoms with Gasteiger partial charge >= 0.3 is 11.8 Å². The molecular formula is C12H22N2O3. The van der Waals surface area contributed by atoms with Gasteiger partial charge in [-0.1, -0.05) is 19.8 Å².